The molecule has 8 heteroatoms. The summed E-state index contributed by atoms with van der Waals surface area (Å²) in [6.07, 6.45) is -0.562. The fourth-order valence-electron chi connectivity index (χ4n) is 2.05. The number of carbonyl (C=O) groups is 3. The number of amides is 3. The van der Waals surface area contributed by atoms with Gasteiger partial charge in [0.2, 0.25) is 17.7 Å². The molecule has 6 N–H and O–H groups in total. The Morgan fingerprint density at radius 3 is 2.29 bits per heavy atom. The normalized spacial score (nSPS) is 14.3. The van der Waals surface area contributed by atoms with Crippen LogP contribution < -0.4 is 16.4 Å². The third-order valence-electron chi connectivity index (χ3n) is 3.40. The van der Waals surface area contributed by atoms with E-state index < -0.39 is 42.5 Å². The first-order valence-corrected chi connectivity index (χ1v) is 7.57. The Labute approximate surface area is 140 Å². The van der Waals surface area contributed by atoms with E-state index in [9.17, 15) is 24.6 Å². The van der Waals surface area contributed by atoms with E-state index in [0.717, 1.165) is 5.56 Å². The van der Waals surface area contributed by atoms with Crippen molar-refractivity contribution in [1.29, 1.82) is 0 Å². The molecule has 1 aromatic carbocycles. The van der Waals surface area contributed by atoms with E-state index in [1.165, 1.54) is 6.92 Å². The van der Waals surface area contributed by atoms with Gasteiger partial charge in [-0.2, -0.15) is 0 Å². The topological polar surface area (TPSA) is 142 Å². The van der Waals surface area contributed by atoms with Crippen LogP contribution in [-0.2, 0) is 20.8 Å². The molecule has 1 rings (SSSR count). The number of primary amides is 1. The number of aliphatic hydroxyl groups excluding tert-OH is 2. The van der Waals surface area contributed by atoms with Gasteiger partial charge >= 0.3 is 0 Å². The van der Waals surface area contributed by atoms with Gasteiger partial charge in [0, 0.05) is 6.42 Å². The lowest BCUT2D eigenvalue weighted by atomic mass is 10.1. The van der Waals surface area contributed by atoms with Gasteiger partial charge in [-0.25, -0.2) is 0 Å². The Morgan fingerprint density at radius 2 is 1.79 bits per heavy atom. The molecule has 0 spiro atoms. The van der Waals surface area contributed by atoms with Gasteiger partial charge in [0.25, 0.3) is 0 Å². The number of nitrogens with two attached hydrogens (primary N) is 1. The summed E-state index contributed by atoms with van der Waals surface area (Å²) in [5.41, 5.74) is 6.05. The highest BCUT2D eigenvalue weighted by Crippen LogP contribution is 2.02. The molecular weight excluding hydrogens is 314 g/mol. The Bertz CT molecular complexity index is 562. The lowest BCUT2D eigenvalue weighted by Crippen LogP contribution is -2.57. The summed E-state index contributed by atoms with van der Waals surface area (Å²) in [6.45, 7) is 0.649. The molecule has 1 aromatic rings. The summed E-state index contributed by atoms with van der Waals surface area (Å²) in [7, 11) is 0. The van der Waals surface area contributed by atoms with Crippen molar-refractivity contribution in [3.8, 4) is 0 Å². The maximum Gasteiger partial charge on any atom is 0.245 e. The van der Waals surface area contributed by atoms with E-state index in [1.54, 1.807) is 0 Å². The average Bonchev–Trinajstić information content (AvgIpc) is 2.55. The van der Waals surface area contributed by atoms with E-state index in [4.69, 9.17) is 5.73 Å². The highest BCUT2D eigenvalue weighted by molar-refractivity contribution is 5.91. The Kier molecular flexibility index (Phi) is 7.87. The van der Waals surface area contributed by atoms with Crippen LogP contribution in [0, 0.1) is 0 Å². The van der Waals surface area contributed by atoms with Crippen LogP contribution >= 0.6 is 0 Å². The molecule has 3 amide bonds. The van der Waals surface area contributed by atoms with Crippen LogP contribution in [0.2, 0.25) is 0 Å². The van der Waals surface area contributed by atoms with Crippen molar-refractivity contribution in [1.82, 2.24) is 10.6 Å². The summed E-state index contributed by atoms with van der Waals surface area (Å²) >= 11 is 0. The molecule has 0 heterocycles. The molecule has 0 unspecified atom stereocenters. The summed E-state index contributed by atoms with van der Waals surface area (Å²) < 4.78 is 0. The predicted octanol–water partition coefficient (Wildman–Crippen LogP) is -1.55. The Balaban J connectivity index is 2.54. The number of rotatable bonds is 9. The first kappa shape index (κ1) is 19.6. The van der Waals surface area contributed by atoms with Crippen LogP contribution in [-0.4, -0.2) is 52.7 Å². The molecule has 0 aliphatic heterocycles. The maximum absolute atomic E-state index is 12.0. The SMILES string of the molecule is C[C@@H](O)[C@H](NC(=O)[C@H](CO)NC(=O)CCc1ccccc1)C(N)=O. The van der Waals surface area contributed by atoms with Crippen molar-refractivity contribution < 1.29 is 24.6 Å². The zero-order valence-corrected chi connectivity index (χ0v) is 13.4. The van der Waals surface area contributed by atoms with Gasteiger partial charge in [-0.15, -0.1) is 0 Å². The predicted molar refractivity (Wildman–Crippen MR) is 86.6 cm³/mol. The van der Waals surface area contributed by atoms with Crippen LogP contribution in [0.3, 0.4) is 0 Å². The summed E-state index contributed by atoms with van der Waals surface area (Å²) in [4.78, 5) is 35.1. The second-order valence-electron chi connectivity index (χ2n) is 5.42. The summed E-state index contributed by atoms with van der Waals surface area (Å²) in [5, 5.41) is 23.3. The smallest absolute Gasteiger partial charge is 0.245 e. The molecule has 8 nitrogen and oxygen atoms in total. The molecule has 0 aromatic heterocycles. The molecule has 0 fully saturated rings. The van der Waals surface area contributed by atoms with Crippen LogP contribution in [0.15, 0.2) is 30.3 Å². The second-order valence-corrected chi connectivity index (χ2v) is 5.42. The second kappa shape index (κ2) is 9.64. The van der Waals surface area contributed by atoms with Crippen molar-refractivity contribution in [3.63, 3.8) is 0 Å². The highest BCUT2D eigenvalue weighted by atomic mass is 16.3. The minimum atomic E-state index is -1.30. The number of nitrogens with one attached hydrogen (secondary N) is 2. The average molecular weight is 337 g/mol. The van der Waals surface area contributed by atoms with E-state index in [0.29, 0.717) is 6.42 Å². The van der Waals surface area contributed by atoms with Crippen molar-refractivity contribution in [3.05, 3.63) is 35.9 Å². The fraction of sp³-hybridized carbons (Fsp3) is 0.438. The van der Waals surface area contributed by atoms with E-state index in [2.05, 4.69) is 10.6 Å². The van der Waals surface area contributed by atoms with E-state index in [-0.39, 0.29) is 6.42 Å². The standard InChI is InChI=1S/C16H23N3O5/c1-10(21)14(15(17)23)19-16(24)12(9-20)18-13(22)8-7-11-5-3-2-4-6-11/h2-6,10,12,14,20-21H,7-9H2,1H3,(H2,17,23)(H,18,22)(H,19,24)/t10-,12+,14+/m1/s1. The van der Waals surface area contributed by atoms with Gasteiger partial charge in [0.15, 0.2) is 0 Å². The van der Waals surface area contributed by atoms with Crippen LogP contribution in [0.4, 0.5) is 0 Å². The molecular formula is C16H23N3O5. The van der Waals surface area contributed by atoms with Crippen molar-refractivity contribution in [2.24, 2.45) is 5.73 Å². The molecule has 132 valence electrons. The lowest BCUT2D eigenvalue weighted by molar-refractivity contribution is -0.133. The number of aryl methyl sites for hydroxylation is 1. The number of hydrogen-bond donors (Lipinski definition) is 5. The van der Waals surface area contributed by atoms with Gasteiger partial charge in [0.05, 0.1) is 12.7 Å². The van der Waals surface area contributed by atoms with Gasteiger partial charge in [-0.3, -0.25) is 14.4 Å². The van der Waals surface area contributed by atoms with Gasteiger partial charge in [-0.1, -0.05) is 30.3 Å². The summed E-state index contributed by atoms with van der Waals surface area (Å²) in [5.74, 6) is -2.12. The van der Waals surface area contributed by atoms with Crippen LogP contribution in [0.25, 0.3) is 0 Å². The zero-order chi connectivity index (χ0) is 18.1. The molecule has 24 heavy (non-hydrogen) atoms. The number of benzene rings is 1. The number of carbonyl (C=O) groups excluding carboxylic acids is 3. The third kappa shape index (κ3) is 6.35. The van der Waals surface area contributed by atoms with Gasteiger partial charge < -0.3 is 26.6 Å². The minimum Gasteiger partial charge on any atom is -0.394 e. The van der Waals surface area contributed by atoms with Crippen molar-refractivity contribution in [2.75, 3.05) is 6.61 Å². The van der Waals surface area contributed by atoms with Gasteiger partial charge in [0.1, 0.15) is 12.1 Å². The minimum absolute atomic E-state index is 0.142. The number of aliphatic hydroxyl groups is 2. The van der Waals surface area contributed by atoms with E-state index >= 15 is 0 Å². The summed E-state index contributed by atoms with van der Waals surface area (Å²) in [6, 6.07) is 6.82. The largest absolute Gasteiger partial charge is 0.394 e. The van der Waals surface area contributed by atoms with Crippen LogP contribution in [0.5, 0.6) is 0 Å². The molecule has 0 saturated heterocycles. The first-order valence-electron chi connectivity index (χ1n) is 7.57. The molecule has 0 aliphatic rings. The van der Waals surface area contributed by atoms with Crippen molar-refractivity contribution >= 4 is 17.7 Å². The lowest BCUT2D eigenvalue weighted by Gasteiger charge is -2.22. The number of hydrogen-bond acceptors (Lipinski definition) is 5. The maximum atomic E-state index is 12.0. The quantitative estimate of drug-likeness (QED) is 0.371. The van der Waals surface area contributed by atoms with Crippen LogP contribution in [0.1, 0.15) is 18.9 Å². The molecule has 0 saturated carbocycles. The third-order valence-corrected chi connectivity index (χ3v) is 3.40. The molecule has 0 aliphatic carbocycles. The monoisotopic (exact) mass is 337 g/mol. The van der Waals surface area contributed by atoms with Gasteiger partial charge in [-0.05, 0) is 18.9 Å². The molecule has 0 bridgehead atoms. The van der Waals surface area contributed by atoms with Crippen molar-refractivity contribution in [2.45, 2.75) is 38.0 Å². The Morgan fingerprint density at radius 1 is 1.17 bits per heavy atom. The highest BCUT2D eigenvalue weighted by Gasteiger charge is 2.27. The molecule has 0 radical (unpaired) electrons. The zero-order valence-electron chi connectivity index (χ0n) is 13.4. The van der Waals surface area contributed by atoms with E-state index in [1.807, 2.05) is 30.3 Å². The Hall–Kier alpha value is -2.45. The first-order chi connectivity index (χ1) is 11.3. The molecule has 3 atom stereocenters. The fourth-order valence-corrected chi connectivity index (χ4v) is 2.05.